The van der Waals surface area contributed by atoms with Gasteiger partial charge >= 0.3 is 5.97 Å². The molecule has 14 heteroatoms. The topological polar surface area (TPSA) is 225 Å². The van der Waals surface area contributed by atoms with E-state index in [1.165, 1.54) is 417 Å². The molecular formula is C97H188O14. The van der Waals surface area contributed by atoms with Gasteiger partial charge in [0, 0.05) is 7.11 Å². The third kappa shape index (κ3) is 54.7. The Balaban J connectivity index is 1.13. The number of methoxy groups -OCH3 is 1. The highest BCUT2D eigenvalue weighted by atomic mass is 16.8. The van der Waals surface area contributed by atoms with Gasteiger partial charge in [0.1, 0.15) is 55.4 Å². The van der Waals surface area contributed by atoms with E-state index >= 15 is 0 Å². The van der Waals surface area contributed by atoms with Crippen LogP contribution in [0.3, 0.4) is 0 Å². The first kappa shape index (κ1) is 104. The fourth-order valence-corrected chi connectivity index (χ4v) is 18.2. The van der Waals surface area contributed by atoms with Crippen molar-refractivity contribution in [2.24, 2.45) is 23.7 Å². The summed E-state index contributed by atoms with van der Waals surface area (Å²) in [6, 6.07) is 0. The van der Waals surface area contributed by atoms with E-state index in [4.69, 9.17) is 23.7 Å². The Morgan fingerprint density at radius 3 is 0.901 bits per heavy atom. The first-order valence-corrected chi connectivity index (χ1v) is 49.4. The monoisotopic (exact) mass is 1580 g/mol. The number of unbranched alkanes of at least 4 members (excludes halogenated alkanes) is 63. The molecule has 1 aliphatic carbocycles. The molecule has 14 nitrogen and oxygen atoms in total. The van der Waals surface area contributed by atoms with Crippen molar-refractivity contribution in [1.82, 2.24) is 0 Å². The number of hydrogen-bond donors (Lipinski definition) is 8. The van der Waals surface area contributed by atoms with Crippen molar-refractivity contribution >= 4 is 5.97 Å². The van der Waals surface area contributed by atoms with Crippen molar-refractivity contribution < 1.29 is 69.3 Å². The summed E-state index contributed by atoms with van der Waals surface area (Å²) in [6.45, 7) is 5.81. The normalized spacial score (nSPS) is 23.2. The Morgan fingerprint density at radius 1 is 0.333 bits per heavy atom. The molecule has 0 aromatic heterocycles. The van der Waals surface area contributed by atoms with Crippen LogP contribution in [0.25, 0.3) is 0 Å². The Hall–Kier alpha value is -1.01. The highest BCUT2D eigenvalue weighted by Gasteiger charge is 2.50. The number of aliphatic hydroxyl groups is 8. The number of carbonyl (C=O) groups is 1. The molecule has 2 saturated heterocycles. The van der Waals surface area contributed by atoms with E-state index in [0.717, 1.165) is 56.8 Å². The molecule has 2 heterocycles. The molecule has 0 amide bonds. The van der Waals surface area contributed by atoms with Crippen LogP contribution in [0, 0.1) is 23.7 Å². The average Bonchev–Trinajstić information content (AvgIpc) is 1.51. The number of carbonyl (C=O) groups excluding carboxylic acids is 1. The van der Waals surface area contributed by atoms with Gasteiger partial charge in [-0.05, 0) is 49.9 Å². The third-order valence-electron chi connectivity index (χ3n) is 26.2. The van der Waals surface area contributed by atoms with Gasteiger partial charge in [-0.15, -0.1) is 0 Å². The molecule has 0 bridgehead atoms. The second kappa shape index (κ2) is 74.1. The number of esters is 1. The number of ether oxygens (including phenoxy) is 5. The van der Waals surface area contributed by atoms with Crippen LogP contribution in [0.15, 0.2) is 0 Å². The molecule has 0 unspecified atom stereocenters. The van der Waals surface area contributed by atoms with E-state index in [2.05, 4.69) is 20.8 Å². The Kier molecular flexibility index (Phi) is 69.5. The lowest BCUT2D eigenvalue weighted by Crippen LogP contribution is -2.63. The number of hydrogen-bond acceptors (Lipinski definition) is 14. The summed E-state index contributed by atoms with van der Waals surface area (Å²) < 4.78 is 28.5. The standard InChI is InChI=1S/C97H188O14/c1-5-7-9-11-13-15-17-19-21-23-24-25-26-27-28-32-39-45-51-57-63-69-75-84(95(106)108-80-88-90(101)92(103)94(105)97(110-88)111-96-93(104)91(102)89(100)87(79-98)109-96)85(99)76-70-64-58-52-46-40-33-29-31-37-43-49-55-61-67-73-82-78-83(82)74-68-62-56-50-44-38-34-35-41-47-53-59-65-71-77-86(107-4)81(3)72-66-60-54-48-42-36-30-22-20-18-16-14-12-10-8-6-2/h81-94,96-105H,5-80H2,1-4H3/t81-,82+,83-,84+,85+,86-,87+,88+,89+,90+,91-,92-,93+,94+,96+,97+/m0/s1. The van der Waals surface area contributed by atoms with Crippen molar-refractivity contribution in [2.75, 3.05) is 20.3 Å². The fraction of sp³-hybridized carbons (Fsp3) is 0.990. The Bertz CT molecular complexity index is 1970. The fourth-order valence-electron chi connectivity index (χ4n) is 18.2. The highest BCUT2D eigenvalue weighted by molar-refractivity contribution is 5.73. The molecule has 660 valence electrons. The maximum atomic E-state index is 13.9. The van der Waals surface area contributed by atoms with Gasteiger partial charge in [-0.1, -0.05) is 464 Å². The van der Waals surface area contributed by atoms with Crippen molar-refractivity contribution in [3.05, 3.63) is 0 Å². The number of aliphatic hydroxyl groups excluding tert-OH is 8. The lowest BCUT2D eigenvalue weighted by molar-refractivity contribution is -0.376. The summed E-state index contributed by atoms with van der Waals surface area (Å²) in [7, 11) is 1.95. The summed E-state index contributed by atoms with van der Waals surface area (Å²) in [6.07, 6.45) is 81.4. The van der Waals surface area contributed by atoms with E-state index in [0.29, 0.717) is 24.9 Å². The molecule has 0 radical (unpaired) electrons. The van der Waals surface area contributed by atoms with E-state index in [9.17, 15) is 45.6 Å². The SMILES string of the molecule is CCCCCCCCCCCCCCCCCCCCCCCC[C@@H](C(=O)OC[C@H]1O[C@H](O[C@H]2O[C@H](CO)[C@@H](O)[C@H](O)[C@H]2O)[C@H](O)[C@@H](O)[C@@H]1O)[C@H](O)CCCCCCCCCCCCCCCCC[C@@H]1C[C@@H]1CCCCCCCCCCCCCCCC[C@H](OC)[C@@H](C)CCCCCCCCCCCCCCCCCC. The maximum Gasteiger partial charge on any atom is 0.311 e. The van der Waals surface area contributed by atoms with Crippen molar-refractivity contribution in [3.8, 4) is 0 Å². The summed E-state index contributed by atoms with van der Waals surface area (Å²) in [4.78, 5) is 13.9. The minimum Gasteiger partial charge on any atom is -0.463 e. The molecule has 3 rings (SSSR count). The molecule has 111 heavy (non-hydrogen) atoms. The summed E-state index contributed by atoms with van der Waals surface area (Å²) in [5.41, 5.74) is 0. The quantitative estimate of drug-likeness (QED) is 0.0210. The van der Waals surface area contributed by atoms with Gasteiger partial charge in [0.05, 0.1) is 24.7 Å². The Labute approximate surface area is 685 Å². The molecule has 3 fully saturated rings. The summed E-state index contributed by atoms with van der Waals surface area (Å²) >= 11 is 0. The van der Waals surface area contributed by atoms with E-state index < -0.39 is 92.6 Å². The molecule has 1 saturated carbocycles. The van der Waals surface area contributed by atoms with Crippen molar-refractivity contribution in [1.29, 1.82) is 0 Å². The third-order valence-corrected chi connectivity index (χ3v) is 26.2. The largest absolute Gasteiger partial charge is 0.463 e. The summed E-state index contributed by atoms with van der Waals surface area (Å²) in [5, 5.41) is 84.7. The van der Waals surface area contributed by atoms with Crippen LogP contribution in [-0.4, -0.2) is 141 Å². The number of rotatable bonds is 84. The van der Waals surface area contributed by atoms with Gasteiger partial charge in [0.15, 0.2) is 12.6 Å². The molecule has 16 atom stereocenters. The molecular weight excluding hydrogens is 1390 g/mol. The van der Waals surface area contributed by atoms with Gasteiger partial charge in [0.25, 0.3) is 0 Å². The predicted octanol–water partition coefficient (Wildman–Crippen LogP) is 24.9. The van der Waals surface area contributed by atoms with Crippen LogP contribution in [-0.2, 0) is 28.5 Å². The van der Waals surface area contributed by atoms with Crippen LogP contribution >= 0.6 is 0 Å². The maximum absolute atomic E-state index is 13.9. The van der Waals surface area contributed by atoms with Gasteiger partial charge in [-0.2, -0.15) is 0 Å². The first-order valence-electron chi connectivity index (χ1n) is 49.4. The summed E-state index contributed by atoms with van der Waals surface area (Å²) in [5.74, 6) is 1.38. The highest BCUT2D eigenvalue weighted by Crippen LogP contribution is 2.46. The molecule has 0 aromatic rings. The van der Waals surface area contributed by atoms with Crippen LogP contribution in [0.4, 0.5) is 0 Å². The lowest BCUT2D eigenvalue weighted by Gasteiger charge is -2.44. The van der Waals surface area contributed by atoms with Gasteiger partial charge < -0.3 is 64.5 Å². The second-order valence-electron chi connectivity index (χ2n) is 36.4. The first-order chi connectivity index (χ1) is 54.4. The lowest BCUT2D eigenvalue weighted by atomic mass is 9.91. The average molecular weight is 1580 g/mol. The van der Waals surface area contributed by atoms with Gasteiger partial charge in [-0.25, -0.2) is 0 Å². The van der Waals surface area contributed by atoms with Crippen LogP contribution in [0.1, 0.15) is 496 Å². The zero-order valence-electron chi connectivity index (χ0n) is 73.5. The Morgan fingerprint density at radius 2 is 0.595 bits per heavy atom. The predicted molar refractivity (Wildman–Crippen MR) is 462 cm³/mol. The molecule has 2 aliphatic heterocycles. The zero-order valence-corrected chi connectivity index (χ0v) is 73.5. The van der Waals surface area contributed by atoms with Crippen LogP contribution in [0.2, 0.25) is 0 Å². The molecule has 0 aromatic carbocycles. The van der Waals surface area contributed by atoms with Crippen molar-refractivity contribution in [3.63, 3.8) is 0 Å². The van der Waals surface area contributed by atoms with E-state index in [-0.39, 0.29) is 0 Å². The minimum atomic E-state index is -1.83. The smallest absolute Gasteiger partial charge is 0.311 e. The van der Waals surface area contributed by atoms with Crippen LogP contribution in [0.5, 0.6) is 0 Å². The van der Waals surface area contributed by atoms with Crippen LogP contribution < -0.4 is 0 Å². The van der Waals surface area contributed by atoms with Gasteiger partial charge in [0.2, 0.25) is 0 Å². The van der Waals surface area contributed by atoms with Gasteiger partial charge in [-0.3, -0.25) is 4.79 Å². The molecule has 0 spiro atoms. The van der Waals surface area contributed by atoms with E-state index in [1.807, 2.05) is 7.11 Å². The zero-order chi connectivity index (χ0) is 80.1. The molecule has 8 N–H and O–H groups in total. The van der Waals surface area contributed by atoms with Crippen molar-refractivity contribution in [2.45, 2.75) is 570 Å². The molecule has 3 aliphatic rings. The minimum absolute atomic E-state index is 0.454. The second-order valence-corrected chi connectivity index (χ2v) is 36.4. The van der Waals surface area contributed by atoms with E-state index in [1.54, 1.807) is 0 Å².